The van der Waals surface area contributed by atoms with Crippen molar-refractivity contribution in [2.24, 2.45) is 0 Å². The van der Waals surface area contributed by atoms with E-state index in [0.717, 1.165) is 0 Å². The summed E-state index contributed by atoms with van der Waals surface area (Å²) in [6.45, 7) is -1.69. The third-order valence-corrected chi connectivity index (χ3v) is 4.19. The zero-order valence-corrected chi connectivity index (χ0v) is 16.9. The van der Waals surface area contributed by atoms with Crippen LogP contribution < -0.4 is 14.8 Å². The highest BCUT2D eigenvalue weighted by Crippen LogP contribution is 2.32. The Bertz CT molecular complexity index is 1100. The Balaban J connectivity index is 1.74. The molecule has 0 atom stereocenters. The minimum atomic E-state index is -3.07. The van der Waals surface area contributed by atoms with Crippen molar-refractivity contribution in [2.45, 2.75) is 32.9 Å². The molecule has 178 valence electrons. The Kier molecular flexibility index (Phi) is 7.51. The van der Waals surface area contributed by atoms with Gasteiger partial charge in [-0.1, -0.05) is 0 Å². The molecule has 13 heteroatoms. The zero-order chi connectivity index (χ0) is 24.1. The predicted molar refractivity (Wildman–Crippen MR) is 102 cm³/mol. The molecule has 0 aliphatic heterocycles. The quantitative estimate of drug-likeness (QED) is 0.382. The summed E-state index contributed by atoms with van der Waals surface area (Å²) in [5.41, 5.74) is -1.35. The van der Waals surface area contributed by atoms with E-state index in [1.54, 1.807) is 6.92 Å². The second-order valence-corrected chi connectivity index (χ2v) is 6.45. The van der Waals surface area contributed by atoms with E-state index >= 15 is 0 Å². The normalized spacial score (nSPS) is 11.5. The number of hydrogen-bond acceptors (Lipinski definition) is 5. The van der Waals surface area contributed by atoms with Gasteiger partial charge in [0.05, 0.1) is 13.2 Å². The third-order valence-electron chi connectivity index (χ3n) is 4.19. The number of amides is 1. The van der Waals surface area contributed by atoms with Gasteiger partial charge in [-0.3, -0.25) is 9.48 Å². The van der Waals surface area contributed by atoms with Crippen molar-refractivity contribution in [3.63, 3.8) is 0 Å². The van der Waals surface area contributed by atoms with Gasteiger partial charge in [0.15, 0.2) is 17.3 Å². The SMILES string of the molecule is CCOc1cc(NC(=O)c2ccc(Cn3nc(C(F)F)cc3C(F)F)o2)ccc1OC(F)F. The standard InChI is InChI=1S/C20H17F6N3O4/c1-2-31-16-7-10(3-5-14(16)33-20(25)26)27-19(30)15-6-4-11(32-15)9-29-13(18(23)24)8-12(28-29)17(21)22/h3-8,17-18,20H,2,9H2,1H3,(H,27,30). The van der Waals surface area contributed by atoms with Crippen molar-refractivity contribution in [1.82, 2.24) is 9.78 Å². The first kappa shape index (κ1) is 24.0. The number of nitrogens with zero attached hydrogens (tertiary/aromatic N) is 2. The van der Waals surface area contributed by atoms with Crippen LogP contribution in [0.4, 0.5) is 32.0 Å². The number of benzene rings is 1. The average molecular weight is 477 g/mol. The molecule has 0 saturated heterocycles. The largest absolute Gasteiger partial charge is 0.490 e. The second-order valence-electron chi connectivity index (χ2n) is 6.45. The molecule has 0 unspecified atom stereocenters. The lowest BCUT2D eigenvalue weighted by Gasteiger charge is -2.13. The molecule has 33 heavy (non-hydrogen) atoms. The van der Waals surface area contributed by atoms with Gasteiger partial charge in [-0.25, -0.2) is 17.6 Å². The summed E-state index contributed by atoms with van der Waals surface area (Å²) in [6, 6.07) is 6.91. The summed E-state index contributed by atoms with van der Waals surface area (Å²) in [5, 5.41) is 5.92. The van der Waals surface area contributed by atoms with Crippen LogP contribution >= 0.6 is 0 Å². The van der Waals surface area contributed by atoms with Crippen LogP contribution in [0.5, 0.6) is 11.5 Å². The van der Waals surface area contributed by atoms with Crippen LogP contribution in [0.2, 0.25) is 0 Å². The van der Waals surface area contributed by atoms with Gasteiger partial charge in [-0.15, -0.1) is 0 Å². The number of carbonyl (C=O) groups is 1. The molecule has 7 nitrogen and oxygen atoms in total. The van der Waals surface area contributed by atoms with E-state index < -0.39 is 43.3 Å². The first-order valence-corrected chi connectivity index (χ1v) is 9.43. The molecule has 0 bridgehead atoms. The van der Waals surface area contributed by atoms with Crippen LogP contribution in [0.3, 0.4) is 0 Å². The van der Waals surface area contributed by atoms with Crippen molar-refractivity contribution in [1.29, 1.82) is 0 Å². The maximum Gasteiger partial charge on any atom is 0.387 e. The number of ether oxygens (including phenoxy) is 2. The lowest BCUT2D eigenvalue weighted by atomic mass is 10.2. The van der Waals surface area contributed by atoms with Crippen LogP contribution in [-0.4, -0.2) is 28.9 Å². The third kappa shape index (κ3) is 5.99. The average Bonchev–Trinajstić information content (AvgIpc) is 3.38. The summed E-state index contributed by atoms with van der Waals surface area (Å²) in [5.74, 6) is -1.18. The highest BCUT2D eigenvalue weighted by molar-refractivity contribution is 6.02. The van der Waals surface area contributed by atoms with Gasteiger partial charge in [-0.2, -0.15) is 13.9 Å². The summed E-state index contributed by atoms with van der Waals surface area (Å²) >= 11 is 0. The van der Waals surface area contributed by atoms with Gasteiger partial charge in [0.25, 0.3) is 18.8 Å². The molecule has 0 spiro atoms. The van der Waals surface area contributed by atoms with Crippen LogP contribution in [0.25, 0.3) is 0 Å². The second kappa shape index (κ2) is 10.3. The van der Waals surface area contributed by atoms with E-state index in [4.69, 9.17) is 9.15 Å². The van der Waals surface area contributed by atoms with E-state index in [-0.39, 0.29) is 35.3 Å². The van der Waals surface area contributed by atoms with Gasteiger partial charge >= 0.3 is 6.61 Å². The number of alkyl halides is 6. The van der Waals surface area contributed by atoms with Crippen molar-refractivity contribution < 1.29 is 45.0 Å². The van der Waals surface area contributed by atoms with Gasteiger partial charge in [-0.05, 0) is 37.3 Å². The molecule has 3 rings (SSSR count). The molecule has 0 fully saturated rings. The van der Waals surface area contributed by atoms with Crippen molar-refractivity contribution >= 4 is 11.6 Å². The maximum atomic E-state index is 13.1. The fourth-order valence-electron chi connectivity index (χ4n) is 2.83. The van der Waals surface area contributed by atoms with E-state index in [9.17, 15) is 31.1 Å². The van der Waals surface area contributed by atoms with Gasteiger partial charge in [0, 0.05) is 11.8 Å². The van der Waals surface area contributed by atoms with Gasteiger partial charge in [0.1, 0.15) is 17.1 Å². The molecule has 0 radical (unpaired) electrons. The van der Waals surface area contributed by atoms with Crippen LogP contribution in [0.1, 0.15) is 47.5 Å². The van der Waals surface area contributed by atoms with E-state index in [0.29, 0.717) is 10.7 Å². The Labute approximate surface area is 182 Å². The summed E-state index contributed by atoms with van der Waals surface area (Å²) < 4.78 is 92.4. The Morgan fingerprint density at radius 1 is 1.06 bits per heavy atom. The Hall–Kier alpha value is -3.64. The van der Waals surface area contributed by atoms with Crippen LogP contribution in [0.15, 0.2) is 40.8 Å². The van der Waals surface area contributed by atoms with E-state index in [1.165, 1.54) is 30.3 Å². The van der Waals surface area contributed by atoms with Gasteiger partial charge in [0.2, 0.25) is 0 Å². The topological polar surface area (TPSA) is 78.5 Å². The number of rotatable bonds is 10. The number of hydrogen-bond donors (Lipinski definition) is 1. The minimum Gasteiger partial charge on any atom is -0.490 e. The Morgan fingerprint density at radius 3 is 2.45 bits per heavy atom. The highest BCUT2D eigenvalue weighted by Gasteiger charge is 2.22. The minimum absolute atomic E-state index is 0.0154. The molecule has 1 amide bonds. The van der Waals surface area contributed by atoms with E-state index in [1.807, 2.05) is 0 Å². The Morgan fingerprint density at radius 2 is 1.82 bits per heavy atom. The molecule has 3 aromatic rings. The molecule has 2 aromatic heterocycles. The molecule has 1 aromatic carbocycles. The number of carbonyl (C=O) groups excluding carboxylic acids is 1. The number of nitrogens with one attached hydrogen (secondary N) is 1. The van der Waals surface area contributed by atoms with Crippen LogP contribution in [-0.2, 0) is 6.54 Å². The monoisotopic (exact) mass is 477 g/mol. The lowest BCUT2D eigenvalue weighted by molar-refractivity contribution is -0.0514. The maximum absolute atomic E-state index is 13.1. The van der Waals surface area contributed by atoms with Crippen molar-refractivity contribution in [3.8, 4) is 11.5 Å². The first-order chi connectivity index (χ1) is 15.7. The van der Waals surface area contributed by atoms with E-state index in [2.05, 4.69) is 15.2 Å². The summed E-state index contributed by atoms with van der Waals surface area (Å²) in [6.07, 6.45) is -6.07. The molecule has 0 aliphatic carbocycles. The van der Waals surface area contributed by atoms with Crippen molar-refractivity contribution in [3.05, 3.63) is 59.3 Å². The number of furan rings is 1. The molecule has 0 saturated carbocycles. The number of anilines is 1. The molecule has 1 N–H and O–H groups in total. The first-order valence-electron chi connectivity index (χ1n) is 9.43. The highest BCUT2D eigenvalue weighted by atomic mass is 19.3. The number of aromatic nitrogens is 2. The van der Waals surface area contributed by atoms with Gasteiger partial charge < -0.3 is 19.2 Å². The fourth-order valence-corrected chi connectivity index (χ4v) is 2.83. The molecular formula is C20H17F6N3O4. The van der Waals surface area contributed by atoms with Crippen LogP contribution in [0, 0.1) is 0 Å². The smallest absolute Gasteiger partial charge is 0.387 e. The molecule has 2 heterocycles. The molecular weight excluding hydrogens is 460 g/mol. The summed E-state index contributed by atoms with van der Waals surface area (Å²) in [4.78, 5) is 12.4. The zero-order valence-electron chi connectivity index (χ0n) is 16.9. The lowest BCUT2D eigenvalue weighted by Crippen LogP contribution is -2.12. The van der Waals surface area contributed by atoms with Crippen molar-refractivity contribution in [2.75, 3.05) is 11.9 Å². The fraction of sp³-hybridized carbons (Fsp3) is 0.300. The molecule has 0 aliphatic rings. The predicted octanol–water partition coefficient (Wildman–Crippen LogP) is 5.65. The number of halogens is 6. The summed E-state index contributed by atoms with van der Waals surface area (Å²) in [7, 11) is 0.